The maximum atomic E-state index is 13.7. The van der Waals surface area contributed by atoms with Crippen molar-refractivity contribution in [3.63, 3.8) is 0 Å². The van der Waals surface area contributed by atoms with E-state index in [4.69, 9.17) is 9.47 Å². The van der Waals surface area contributed by atoms with Crippen LogP contribution in [-0.4, -0.2) is 77.2 Å². The Balaban J connectivity index is 3.34. The van der Waals surface area contributed by atoms with E-state index in [2.05, 4.69) is 10.6 Å². The van der Waals surface area contributed by atoms with Crippen LogP contribution in [0.5, 0.6) is 5.75 Å². The molecule has 0 aliphatic carbocycles. The Kier molecular flexibility index (Phi) is 13.3. The minimum atomic E-state index is -1.41. The first-order valence-corrected chi connectivity index (χ1v) is 13.2. The van der Waals surface area contributed by atoms with Gasteiger partial charge in [0.15, 0.2) is 0 Å². The molecule has 2 atom stereocenters. The van der Waals surface area contributed by atoms with Gasteiger partial charge in [0, 0.05) is 12.1 Å². The molecule has 0 saturated heterocycles. The van der Waals surface area contributed by atoms with Crippen LogP contribution in [0.4, 0.5) is 4.79 Å². The highest BCUT2D eigenvalue weighted by atomic mass is 32.2. The monoisotopic (exact) mass is 536 g/mol. The van der Waals surface area contributed by atoms with Gasteiger partial charge in [-0.25, -0.2) is 4.79 Å². The van der Waals surface area contributed by atoms with Gasteiger partial charge in [0.05, 0.1) is 19.1 Å². The molecular formula is C25H36N4O7S. The summed E-state index contributed by atoms with van der Waals surface area (Å²) in [5, 5.41) is 25.1. The summed E-state index contributed by atoms with van der Waals surface area (Å²) >= 11 is 1.45. The van der Waals surface area contributed by atoms with Gasteiger partial charge in [-0.05, 0) is 52.2 Å². The number of ether oxygens (including phenoxy) is 2. The molecule has 2 unspecified atom stereocenters. The van der Waals surface area contributed by atoms with Gasteiger partial charge >= 0.3 is 12.1 Å². The van der Waals surface area contributed by atoms with Crippen molar-refractivity contribution in [1.82, 2.24) is 15.5 Å². The quantitative estimate of drug-likeness (QED) is 0.254. The lowest BCUT2D eigenvalue weighted by atomic mass is 10.0. The van der Waals surface area contributed by atoms with E-state index in [1.807, 2.05) is 12.3 Å². The molecule has 37 heavy (non-hydrogen) atoms. The van der Waals surface area contributed by atoms with Gasteiger partial charge in [0.25, 0.3) is 0 Å². The average Bonchev–Trinajstić information content (AvgIpc) is 2.81. The van der Waals surface area contributed by atoms with Crippen molar-refractivity contribution in [2.24, 2.45) is 0 Å². The summed E-state index contributed by atoms with van der Waals surface area (Å²) in [7, 11) is 0. The molecule has 0 radical (unpaired) electrons. The lowest BCUT2D eigenvalue weighted by molar-refractivity contribution is -0.144. The molecule has 3 N–H and O–H groups in total. The number of para-hydroxylation sites is 1. The first kappa shape index (κ1) is 31.6. The van der Waals surface area contributed by atoms with Crippen molar-refractivity contribution >= 4 is 35.6 Å². The number of hydrogen-bond donors (Lipinski definition) is 3. The molecule has 0 aliphatic heterocycles. The van der Waals surface area contributed by atoms with Gasteiger partial charge in [0.2, 0.25) is 11.8 Å². The van der Waals surface area contributed by atoms with Crippen LogP contribution in [0.1, 0.15) is 52.1 Å². The van der Waals surface area contributed by atoms with Crippen LogP contribution in [0.25, 0.3) is 0 Å². The van der Waals surface area contributed by atoms with Crippen molar-refractivity contribution in [1.29, 1.82) is 5.26 Å². The molecule has 0 aliphatic rings. The van der Waals surface area contributed by atoms with Gasteiger partial charge in [-0.2, -0.15) is 17.0 Å². The fourth-order valence-corrected chi connectivity index (χ4v) is 3.77. The number of phenols is 1. The molecule has 0 heterocycles. The van der Waals surface area contributed by atoms with Crippen molar-refractivity contribution in [2.45, 2.75) is 58.2 Å². The number of alkyl carbamates (subject to hydrolysis) is 1. The maximum Gasteiger partial charge on any atom is 0.408 e. The number of nitrogens with one attached hydrogen (secondary N) is 2. The molecule has 0 aromatic heterocycles. The highest BCUT2D eigenvalue weighted by molar-refractivity contribution is 7.98. The third-order valence-corrected chi connectivity index (χ3v) is 5.49. The Morgan fingerprint density at radius 3 is 2.46 bits per heavy atom. The first-order chi connectivity index (χ1) is 17.4. The van der Waals surface area contributed by atoms with E-state index in [1.165, 1.54) is 23.9 Å². The van der Waals surface area contributed by atoms with Crippen LogP contribution in [0, 0.1) is 11.3 Å². The van der Waals surface area contributed by atoms with Crippen LogP contribution in [-0.2, 0) is 23.9 Å². The zero-order valence-corrected chi connectivity index (χ0v) is 22.7. The summed E-state index contributed by atoms with van der Waals surface area (Å²) < 4.78 is 10.2. The Labute approximate surface area is 221 Å². The normalized spacial score (nSPS) is 12.4. The number of rotatable bonds is 13. The van der Waals surface area contributed by atoms with Crippen molar-refractivity contribution in [3.05, 3.63) is 29.8 Å². The predicted molar refractivity (Wildman–Crippen MR) is 139 cm³/mol. The smallest absolute Gasteiger partial charge is 0.408 e. The van der Waals surface area contributed by atoms with Gasteiger partial charge in [-0.1, -0.05) is 18.2 Å². The molecule has 1 rings (SSSR count). The number of hydrogen-bond acceptors (Lipinski definition) is 9. The second-order valence-electron chi connectivity index (χ2n) is 8.91. The number of aromatic hydroxyl groups is 1. The number of amides is 3. The molecule has 1 aromatic carbocycles. The molecule has 1 aromatic rings. The third-order valence-electron chi connectivity index (χ3n) is 4.85. The second kappa shape index (κ2) is 15.6. The van der Waals surface area contributed by atoms with Crippen LogP contribution < -0.4 is 10.6 Å². The first-order valence-electron chi connectivity index (χ1n) is 11.8. The lowest BCUT2D eigenvalue weighted by Gasteiger charge is -2.33. The Hall–Kier alpha value is -3.46. The molecule has 0 bridgehead atoms. The summed E-state index contributed by atoms with van der Waals surface area (Å²) in [4.78, 5) is 52.1. The van der Waals surface area contributed by atoms with Crippen LogP contribution in [0.3, 0.4) is 0 Å². The Morgan fingerprint density at radius 1 is 1.22 bits per heavy atom. The minimum absolute atomic E-state index is 0.0809. The Bertz CT molecular complexity index is 975. The molecule has 3 amide bonds. The van der Waals surface area contributed by atoms with Gasteiger partial charge in [0.1, 0.15) is 30.0 Å². The lowest BCUT2D eigenvalue weighted by Crippen LogP contribution is -2.53. The summed E-state index contributed by atoms with van der Waals surface area (Å²) in [6, 6.07) is 5.32. The van der Waals surface area contributed by atoms with E-state index >= 15 is 0 Å². The summed E-state index contributed by atoms with van der Waals surface area (Å²) in [5.74, 6) is -1.68. The average molecular weight is 537 g/mol. The molecule has 12 heteroatoms. The van der Waals surface area contributed by atoms with Gasteiger partial charge in [-0.3, -0.25) is 14.4 Å². The highest BCUT2D eigenvalue weighted by Gasteiger charge is 2.37. The highest BCUT2D eigenvalue weighted by Crippen LogP contribution is 2.29. The van der Waals surface area contributed by atoms with Gasteiger partial charge < -0.3 is 30.1 Å². The number of nitrogens with zero attached hydrogens (tertiary/aromatic N) is 2. The minimum Gasteiger partial charge on any atom is -0.508 e. The molecule has 0 fully saturated rings. The molecule has 204 valence electrons. The zero-order valence-electron chi connectivity index (χ0n) is 21.9. The number of carbonyl (C=O) groups is 4. The standard InChI is InChI=1S/C25H36N4O7S/c1-6-35-20(31)11-14-27-22(32)21(17-9-7-8-10-19(17)30)29(15-13-26)23(33)18(12-16-37-5)28-24(34)36-25(2,3)4/h7-10,18,21,30H,6,11-12,14-16H2,1-5H3,(H,27,32)(H,28,34). The SMILES string of the molecule is CCOC(=O)CCNC(=O)C(c1ccccc1O)N(CC#N)C(=O)C(CCSC)NC(=O)OC(C)(C)C. The number of thioether (sulfide) groups is 1. The Morgan fingerprint density at radius 2 is 1.89 bits per heavy atom. The summed E-state index contributed by atoms with van der Waals surface area (Å²) in [6.45, 7) is 6.32. The van der Waals surface area contributed by atoms with E-state index in [-0.39, 0.29) is 37.3 Å². The number of esters is 1. The number of nitriles is 1. The van der Waals surface area contributed by atoms with E-state index < -0.39 is 48.1 Å². The molecular weight excluding hydrogens is 500 g/mol. The van der Waals surface area contributed by atoms with Crippen LogP contribution in [0.15, 0.2) is 24.3 Å². The predicted octanol–water partition coefficient (Wildman–Crippen LogP) is 2.50. The molecule has 0 saturated carbocycles. The van der Waals surface area contributed by atoms with Crippen LogP contribution in [0.2, 0.25) is 0 Å². The summed E-state index contributed by atoms with van der Waals surface area (Å²) in [6.07, 6.45) is 1.13. The van der Waals surface area contributed by atoms with E-state index in [1.54, 1.807) is 39.8 Å². The number of benzene rings is 1. The van der Waals surface area contributed by atoms with Gasteiger partial charge in [-0.15, -0.1) is 0 Å². The fourth-order valence-electron chi connectivity index (χ4n) is 3.30. The summed E-state index contributed by atoms with van der Waals surface area (Å²) in [5.41, 5.74) is -0.721. The fraction of sp³-hybridized carbons (Fsp3) is 0.560. The van der Waals surface area contributed by atoms with E-state index in [0.29, 0.717) is 5.75 Å². The van der Waals surface area contributed by atoms with E-state index in [0.717, 1.165) is 4.90 Å². The van der Waals surface area contributed by atoms with E-state index in [9.17, 15) is 29.5 Å². The molecule has 0 spiro atoms. The second-order valence-corrected chi connectivity index (χ2v) is 9.90. The third kappa shape index (κ3) is 11.0. The van der Waals surface area contributed by atoms with Crippen molar-refractivity contribution < 1.29 is 33.8 Å². The maximum absolute atomic E-state index is 13.7. The number of phenolic OH excluding ortho intramolecular Hbond substituents is 1. The zero-order chi connectivity index (χ0) is 28.0. The largest absolute Gasteiger partial charge is 0.508 e. The van der Waals surface area contributed by atoms with Crippen molar-refractivity contribution in [3.8, 4) is 11.8 Å². The number of carbonyl (C=O) groups excluding carboxylic acids is 4. The topological polar surface area (TPSA) is 158 Å². The molecule has 11 nitrogen and oxygen atoms in total. The van der Waals surface area contributed by atoms with Crippen LogP contribution >= 0.6 is 11.8 Å². The van der Waals surface area contributed by atoms with Crippen molar-refractivity contribution in [2.75, 3.05) is 31.7 Å².